The van der Waals surface area contributed by atoms with Crippen LogP contribution in [0.1, 0.15) is 5.56 Å². The van der Waals surface area contributed by atoms with Gasteiger partial charge in [0.2, 0.25) is 0 Å². The van der Waals surface area contributed by atoms with Gasteiger partial charge in [0.25, 0.3) is 22.6 Å². The van der Waals surface area contributed by atoms with Gasteiger partial charge in [0.05, 0.1) is 10.0 Å². The van der Waals surface area contributed by atoms with E-state index in [0.717, 1.165) is 3.57 Å². The lowest BCUT2D eigenvalue weighted by Crippen LogP contribution is -3.34. The summed E-state index contributed by atoms with van der Waals surface area (Å²) in [6, 6.07) is 15.8. The van der Waals surface area contributed by atoms with Gasteiger partial charge in [0.15, 0.2) is 3.57 Å². The van der Waals surface area contributed by atoms with Gasteiger partial charge < -0.3 is 0 Å². The Labute approximate surface area is 120 Å². The highest BCUT2D eigenvalue weighted by atomic mass is 127. The quantitative estimate of drug-likeness (QED) is 0.489. The maximum atomic E-state index is 5.68. The first kappa shape index (κ1) is 13.8. The summed E-state index contributed by atoms with van der Waals surface area (Å²) in [5.74, 6) is 0. The Hall–Kier alpha value is -0.250. The lowest BCUT2D eigenvalue weighted by atomic mass is 10.2. The number of halogens is 3. The molecule has 3 heteroatoms. The van der Waals surface area contributed by atoms with E-state index in [1.165, 1.54) is 5.56 Å². The maximum absolute atomic E-state index is 5.68. The van der Waals surface area contributed by atoms with Gasteiger partial charge in [-0.1, -0.05) is 59.1 Å². The standard InChI is InChI=1S/C7H8.C6H4Cl2I/c1-7-5-3-2-4-6-7;7-5-2-1-4(9)3-6(5)8/h2-6H,1H3;1-3,9H/q;+1. The second-order valence-corrected chi connectivity index (χ2v) is 5.39. The molecule has 0 aromatic heterocycles. The van der Waals surface area contributed by atoms with E-state index < -0.39 is 0 Å². The number of benzene rings is 2. The molecule has 0 aliphatic heterocycles. The fourth-order valence-electron chi connectivity index (χ4n) is 1.01. The average Bonchev–Trinajstić information content (AvgIpc) is 2.26. The molecular weight excluding hydrogens is 354 g/mol. The summed E-state index contributed by atoms with van der Waals surface area (Å²) in [5.41, 5.74) is 1.32. The Bertz CT molecular complexity index is 441. The van der Waals surface area contributed by atoms with E-state index >= 15 is 0 Å². The van der Waals surface area contributed by atoms with Crippen LogP contribution in [-0.4, -0.2) is 0 Å². The zero-order valence-electron chi connectivity index (χ0n) is 8.78. The molecule has 0 fully saturated rings. The molecule has 0 bridgehead atoms. The lowest BCUT2D eigenvalue weighted by molar-refractivity contribution is -0.328. The van der Waals surface area contributed by atoms with Crippen LogP contribution in [0, 0.1) is 10.5 Å². The van der Waals surface area contributed by atoms with Gasteiger partial charge in [-0.25, -0.2) is 0 Å². The van der Waals surface area contributed by atoms with Crippen molar-refractivity contribution in [2.45, 2.75) is 6.92 Å². The zero-order chi connectivity index (χ0) is 12.0. The van der Waals surface area contributed by atoms with Gasteiger partial charge in [-0.05, 0) is 19.1 Å². The topological polar surface area (TPSA) is 0 Å². The Morgan fingerprint density at radius 3 is 1.88 bits per heavy atom. The van der Waals surface area contributed by atoms with Crippen LogP contribution in [0.4, 0.5) is 0 Å². The van der Waals surface area contributed by atoms with Gasteiger partial charge in [-0.2, -0.15) is 0 Å². The van der Waals surface area contributed by atoms with Gasteiger partial charge in [-0.15, -0.1) is 0 Å². The molecule has 0 saturated heterocycles. The van der Waals surface area contributed by atoms with Gasteiger partial charge in [-0.3, -0.25) is 0 Å². The van der Waals surface area contributed by atoms with Crippen LogP contribution in [0.3, 0.4) is 0 Å². The molecule has 84 valence electrons. The smallest absolute Gasteiger partial charge is 0.0827 e. The van der Waals surface area contributed by atoms with Crippen molar-refractivity contribution in [1.82, 2.24) is 0 Å². The number of hydrogen-bond acceptors (Lipinski definition) is 0. The minimum atomic E-state index is 0.615. The fraction of sp³-hybridized carbons (Fsp3) is 0.0769. The Morgan fingerprint density at radius 1 is 0.875 bits per heavy atom. The summed E-state index contributed by atoms with van der Waals surface area (Å²) in [4.78, 5) is 0. The van der Waals surface area contributed by atoms with Crippen molar-refractivity contribution in [1.29, 1.82) is 0 Å². The van der Waals surface area contributed by atoms with E-state index in [1.807, 2.05) is 52.9 Å². The number of rotatable bonds is 0. The zero-order valence-corrected chi connectivity index (χ0v) is 12.6. The monoisotopic (exact) mass is 365 g/mol. The predicted octanol–water partition coefficient (Wildman–Crippen LogP) is 1.44. The molecule has 0 unspecified atom stereocenters. The van der Waals surface area contributed by atoms with Crippen molar-refractivity contribution in [2.24, 2.45) is 0 Å². The second-order valence-electron chi connectivity index (χ2n) is 3.23. The van der Waals surface area contributed by atoms with Crippen LogP contribution in [-0.2, 0) is 0 Å². The molecule has 16 heavy (non-hydrogen) atoms. The lowest BCUT2D eigenvalue weighted by Gasteiger charge is -1.89. The van der Waals surface area contributed by atoms with Crippen molar-refractivity contribution >= 4 is 23.2 Å². The first-order chi connectivity index (χ1) is 7.59. The predicted molar refractivity (Wildman–Crippen MR) is 67.7 cm³/mol. The third-order valence-electron chi connectivity index (χ3n) is 1.83. The normalized spacial score (nSPS) is 9.25. The minimum absolute atomic E-state index is 0.615. The Balaban J connectivity index is 0.000000165. The van der Waals surface area contributed by atoms with Gasteiger partial charge >= 0.3 is 0 Å². The van der Waals surface area contributed by atoms with Crippen molar-refractivity contribution in [3.8, 4) is 0 Å². The van der Waals surface area contributed by atoms with E-state index in [2.05, 4.69) is 19.1 Å². The van der Waals surface area contributed by atoms with Crippen molar-refractivity contribution in [3.05, 3.63) is 67.7 Å². The Morgan fingerprint density at radius 2 is 1.50 bits per heavy atom. The number of hydrogen-bond donors (Lipinski definition) is 0. The van der Waals surface area contributed by atoms with Gasteiger partial charge in [0, 0.05) is 6.07 Å². The highest BCUT2D eigenvalue weighted by Crippen LogP contribution is 2.19. The SMILES string of the molecule is Cc1ccccc1.Clc1ccc([IH+])cc1Cl. The largest absolute Gasteiger partial charge is 0.296 e. The molecule has 0 atom stereocenters. The molecule has 2 aromatic carbocycles. The van der Waals surface area contributed by atoms with E-state index in [0.29, 0.717) is 10.0 Å². The van der Waals surface area contributed by atoms with Crippen molar-refractivity contribution in [2.75, 3.05) is 0 Å². The number of aryl methyl sites for hydroxylation is 1. The third kappa shape index (κ3) is 5.19. The highest BCUT2D eigenvalue weighted by Gasteiger charge is 1.99. The molecular formula is C13H12Cl2I+. The summed E-state index contributed by atoms with van der Waals surface area (Å²) in [6.45, 7) is 2.08. The first-order valence-corrected chi connectivity index (χ1v) is 6.65. The summed E-state index contributed by atoms with van der Waals surface area (Å²) >= 11 is 13.2. The second kappa shape index (κ2) is 7.15. The Kier molecular flexibility index (Phi) is 6.17. The van der Waals surface area contributed by atoms with Crippen LogP contribution < -0.4 is 22.6 Å². The van der Waals surface area contributed by atoms with Crippen LogP contribution >= 0.6 is 23.2 Å². The molecule has 2 aromatic rings. The molecule has 0 heterocycles. The molecule has 0 radical (unpaired) electrons. The van der Waals surface area contributed by atoms with E-state index in [9.17, 15) is 0 Å². The van der Waals surface area contributed by atoms with Gasteiger partial charge in [0.1, 0.15) is 0 Å². The molecule has 0 saturated carbocycles. The minimum Gasteiger partial charge on any atom is -0.0827 e. The fourth-order valence-corrected chi connectivity index (χ4v) is 2.04. The van der Waals surface area contributed by atoms with Crippen molar-refractivity contribution in [3.63, 3.8) is 0 Å². The summed E-state index contributed by atoms with van der Waals surface area (Å²) in [7, 11) is 0. The molecule has 2 rings (SSSR count). The van der Waals surface area contributed by atoms with E-state index in [4.69, 9.17) is 23.2 Å². The third-order valence-corrected chi connectivity index (χ3v) is 3.30. The maximum Gasteiger partial charge on any atom is 0.296 e. The molecule has 0 N–H and O–H groups in total. The van der Waals surface area contributed by atoms with E-state index in [-0.39, 0.29) is 0 Å². The highest BCUT2D eigenvalue weighted by molar-refractivity contribution is 6.41. The molecule has 0 nitrogen and oxygen atoms in total. The summed E-state index contributed by atoms with van der Waals surface area (Å²) in [5, 5.41) is 1.24. The average molecular weight is 366 g/mol. The first-order valence-electron chi connectivity index (χ1n) is 4.73. The molecule has 0 aliphatic carbocycles. The van der Waals surface area contributed by atoms with Crippen LogP contribution in [0.15, 0.2) is 48.5 Å². The molecule has 0 aliphatic rings. The van der Waals surface area contributed by atoms with Crippen LogP contribution in [0.5, 0.6) is 0 Å². The summed E-state index contributed by atoms with van der Waals surface area (Å²) in [6.07, 6.45) is 0. The molecule has 0 spiro atoms. The summed E-state index contributed by atoms with van der Waals surface area (Å²) < 4.78 is 1.14. The van der Waals surface area contributed by atoms with Crippen LogP contribution in [0.25, 0.3) is 0 Å². The molecule has 0 amide bonds. The van der Waals surface area contributed by atoms with Crippen LogP contribution in [0.2, 0.25) is 10.0 Å². The van der Waals surface area contributed by atoms with E-state index in [1.54, 1.807) is 6.07 Å². The van der Waals surface area contributed by atoms with Crippen molar-refractivity contribution < 1.29 is 22.6 Å².